The Morgan fingerprint density at radius 2 is 1.84 bits per heavy atom. The van der Waals surface area contributed by atoms with E-state index in [4.69, 9.17) is 9.47 Å². The molecule has 1 aliphatic carbocycles. The van der Waals surface area contributed by atoms with Crippen molar-refractivity contribution < 1.29 is 19.4 Å². The lowest BCUT2D eigenvalue weighted by Gasteiger charge is -2.35. The maximum Gasteiger partial charge on any atom is 0.260 e. The van der Waals surface area contributed by atoms with Crippen molar-refractivity contribution in [3.05, 3.63) is 24.3 Å². The van der Waals surface area contributed by atoms with E-state index in [0.717, 1.165) is 32.5 Å². The third-order valence-corrected chi connectivity index (χ3v) is 4.76. The molecule has 140 valence electrons. The third kappa shape index (κ3) is 5.49. The standard InChI is InChI=1S/C18H26N2O4.ClH/c1-23-16-4-2-3-5-17(16)24-13-18(22)20-10-8-19(9-11-20)12-15(21)14-6-7-14;/h2-5,14-15,21H,6-13H2,1H3;1H. The number of hydrogen-bond donors (Lipinski definition) is 1. The Morgan fingerprint density at radius 1 is 1.20 bits per heavy atom. The summed E-state index contributed by atoms with van der Waals surface area (Å²) < 4.78 is 10.8. The molecular formula is C18H27ClN2O4. The smallest absolute Gasteiger partial charge is 0.260 e. The van der Waals surface area contributed by atoms with Gasteiger partial charge in [-0.15, -0.1) is 12.4 Å². The monoisotopic (exact) mass is 370 g/mol. The predicted molar refractivity (Wildman–Crippen MR) is 97.5 cm³/mol. The van der Waals surface area contributed by atoms with E-state index in [1.807, 2.05) is 23.1 Å². The van der Waals surface area contributed by atoms with Crippen LogP contribution in [-0.4, -0.2) is 73.4 Å². The molecule has 1 aromatic rings. The van der Waals surface area contributed by atoms with Crippen molar-refractivity contribution in [1.82, 2.24) is 9.80 Å². The van der Waals surface area contributed by atoms with Crippen LogP contribution in [0.4, 0.5) is 0 Å². The number of piperazine rings is 1. The number of β-amino-alcohol motifs (C(OH)–C–C–N with tert-alkyl or cyclic N) is 1. The van der Waals surface area contributed by atoms with E-state index in [1.54, 1.807) is 13.2 Å². The van der Waals surface area contributed by atoms with Crippen molar-refractivity contribution in [2.24, 2.45) is 5.92 Å². The Hall–Kier alpha value is -1.50. The van der Waals surface area contributed by atoms with Gasteiger partial charge in [-0.25, -0.2) is 0 Å². The van der Waals surface area contributed by atoms with Gasteiger partial charge in [0.1, 0.15) is 0 Å². The van der Waals surface area contributed by atoms with E-state index < -0.39 is 0 Å². The van der Waals surface area contributed by atoms with Crippen LogP contribution < -0.4 is 9.47 Å². The molecule has 2 aliphatic rings. The second-order valence-electron chi connectivity index (χ2n) is 6.53. The molecule has 1 aromatic carbocycles. The molecule has 1 unspecified atom stereocenters. The number of carbonyl (C=O) groups is 1. The van der Waals surface area contributed by atoms with Gasteiger partial charge in [-0.1, -0.05) is 12.1 Å². The van der Waals surface area contributed by atoms with Crippen molar-refractivity contribution >= 4 is 18.3 Å². The quantitative estimate of drug-likeness (QED) is 0.786. The molecule has 0 radical (unpaired) electrons. The molecule has 1 saturated heterocycles. The molecule has 1 aliphatic heterocycles. The van der Waals surface area contributed by atoms with E-state index >= 15 is 0 Å². The number of methoxy groups -OCH3 is 1. The van der Waals surface area contributed by atoms with Crippen LogP contribution in [0.15, 0.2) is 24.3 Å². The molecule has 1 saturated carbocycles. The maximum absolute atomic E-state index is 12.3. The van der Waals surface area contributed by atoms with Crippen molar-refractivity contribution in [1.29, 1.82) is 0 Å². The highest BCUT2D eigenvalue weighted by atomic mass is 35.5. The molecule has 0 aromatic heterocycles. The summed E-state index contributed by atoms with van der Waals surface area (Å²) in [6.45, 7) is 3.74. The number of carbonyl (C=O) groups excluding carboxylic acids is 1. The first-order chi connectivity index (χ1) is 11.7. The fourth-order valence-electron chi connectivity index (χ4n) is 3.04. The summed E-state index contributed by atoms with van der Waals surface area (Å²) in [5.41, 5.74) is 0. The van der Waals surface area contributed by atoms with Crippen LogP contribution >= 0.6 is 12.4 Å². The largest absolute Gasteiger partial charge is 0.493 e. The number of nitrogens with zero attached hydrogens (tertiary/aromatic N) is 2. The van der Waals surface area contributed by atoms with Gasteiger partial charge < -0.3 is 19.5 Å². The molecule has 1 N–H and O–H groups in total. The van der Waals surface area contributed by atoms with Gasteiger partial charge in [0.05, 0.1) is 13.2 Å². The summed E-state index contributed by atoms with van der Waals surface area (Å²) in [6, 6.07) is 7.32. The average molecular weight is 371 g/mol. The minimum absolute atomic E-state index is 0. The van der Waals surface area contributed by atoms with Crippen LogP contribution in [0.5, 0.6) is 11.5 Å². The molecule has 7 heteroatoms. The van der Waals surface area contributed by atoms with Crippen LogP contribution in [0, 0.1) is 5.92 Å². The van der Waals surface area contributed by atoms with Crippen LogP contribution in [0.2, 0.25) is 0 Å². The number of para-hydroxylation sites is 2. The molecule has 1 heterocycles. The molecular weight excluding hydrogens is 344 g/mol. The van der Waals surface area contributed by atoms with Crippen molar-refractivity contribution in [3.8, 4) is 11.5 Å². The highest BCUT2D eigenvalue weighted by Gasteiger charge is 2.32. The fraction of sp³-hybridized carbons (Fsp3) is 0.611. The SMILES string of the molecule is COc1ccccc1OCC(=O)N1CCN(CC(O)C2CC2)CC1.Cl. The highest BCUT2D eigenvalue weighted by Crippen LogP contribution is 2.33. The van der Waals surface area contributed by atoms with Gasteiger partial charge in [0, 0.05) is 32.7 Å². The number of ether oxygens (including phenoxy) is 2. The van der Waals surface area contributed by atoms with Crippen molar-refractivity contribution in [3.63, 3.8) is 0 Å². The number of amides is 1. The molecule has 0 spiro atoms. The first-order valence-corrected chi connectivity index (χ1v) is 8.61. The summed E-state index contributed by atoms with van der Waals surface area (Å²) in [4.78, 5) is 16.4. The molecule has 0 bridgehead atoms. The van der Waals surface area contributed by atoms with Crippen LogP contribution in [0.25, 0.3) is 0 Å². The molecule has 3 rings (SSSR count). The topological polar surface area (TPSA) is 62.2 Å². The van der Waals surface area contributed by atoms with Gasteiger partial charge in [-0.05, 0) is 30.9 Å². The van der Waals surface area contributed by atoms with Crippen LogP contribution in [0.1, 0.15) is 12.8 Å². The fourth-order valence-corrected chi connectivity index (χ4v) is 3.04. The average Bonchev–Trinajstić information content (AvgIpc) is 3.45. The van der Waals surface area contributed by atoms with Crippen molar-refractivity contribution in [2.45, 2.75) is 18.9 Å². The zero-order valence-electron chi connectivity index (χ0n) is 14.6. The van der Waals surface area contributed by atoms with Gasteiger partial charge >= 0.3 is 0 Å². The zero-order chi connectivity index (χ0) is 16.9. The predicted octanol–water partition coefficient (Wildman–Crippen LogP) is 1.41. The number of aliphatic hydroxyl groups excluding tert-OH is 1. The summed E-state index contributed by atoms with van der Waals surface area (Å²) in [5.74, 6) is 1.70. The van der Waals surface area contributed by atoms with Crippen LogP contribution in [0.3, 0.4) is 0 Å². The molecule has 1 amide bonds. The van der Waals surface area contributed by atoms with Gasteiger partial charge in [0.2, 0.25) is 0 Å². The van der Waals surface area contributed by atoms with E-state index in [1.165, 1.54) is 0 Å². The third-order valence-electron chi connectivity index (χ3n) is 4.76. The lowest BCUT2D eigenvalue weighted by molar-refractivity contribution is -0.135. The Labute approximate surface area is 155 Å². The van der Waals surface area contributed by atoms with Crippen LogP contribution in [-0.2, 0) is 4.79 Å². The summed E-state index contributed by atoms with van der Waals surface area (Å²) >= 11 is 0. The summed E-state index contributed by atoms with van der Waals surface area (Å²) in [6.07, 6.45) is 2.10. The molecule has 25 heavy (non-hydrogen) atoms. The van der Waals surface area contributed by atoms with Gasteiger partial charge in [-0.3, -0.25) is 9.69 Å². The highest BCUT2D eigenvalue weighted by molar-refractivity contribution is 5.85. The van der Waals surface area contributed by atoms with Gasteiger partial charge in [-0.2, -0.15) is 0 Å². The van der Waals surface area contributed by atoms with E-state index in [9.17, 15) is 9.90 Å². The molecule has 2 fully saturated rings. The number of halogens is 1. The second kappa shape index (κ2) is 9.27. The minimum atomic E-state index is -0.207. The number of hydrogen-bond acceptors (Lipinski definition) is 5. The first-order valence-electron chi connectivity index (χ1n) is 8.61. The van der Waals surface area contributed by atoms with E-state index in [-0.39, 0.29) is 31.0 Å². The van der Waals surface area contributed by atoms with Gasteiger partial charge in [0.25, 0.3) is 5.91 Å². The molecule has 6 nitrogen and oxygen atoms in total. The Kier molecular flexibility index (Phi) is 7.35. The number of aliphatic hydroxyl groups is 1. The second-order valence-corrected chi connectivity index (χ2v) is 6.53. The van der Waals surface area contributed by atoms with Gasteiger partial charge in [0.15, 0.2) is 18.1 Å². The minimum Gasteiger partial charge on any atom is -0.493 e. The summed E-state index contributed by atoms with van der Waals surface area (Å²) in [5, 5.41) is 10.0. The van der Waals surface area contributed by atoms with E-state index in [0.29, 0.717) is 30.5 Å². The maximum atomic E-state index is 12.3. The summed E-state index contributed by atoms with van der Waals surface area (Å²) in [7, 11) is 1.58. The lowest BCUT2D eigenvalue weighted by atomic mass is 10.2. The first kappa shape index (κ1) is 19.8. The number of benzene rings is 1. The number of rotatable bonds is 7. The normalized spacial score (nSPS) is 19.0. The molecule has 1 atom stereocenters. The Morgan fingerprint density at radius 3 is 2.44 bits per heavy atom. The lowest BCUT2D eigenvalue weighted by Crippen LogP contribution is -2.51. The Bertz CT molecular complexity index is 560. The van der Waals surface area contributed by atoms with Crippen molar-refractivity contribution in [2.75, 3.05) is 46.4 Å². The zero-order valence-corrected chi connectivity index (χ0v) is 15.4. The van der Waals surface area contributed by atoms with E-state index in [2.05, 4.69) is 4.90 Å². The Balaban J connectivity index is 0.00000225.